The van der Waals surface area contributed by atoms with Gasteiger partial charge in [0.15, 0.2) is 11.5 Å². The molecular weight excluding hydrogens is 867 g/mol. The molecule has 4 aromatic carbocycles. The summed E-state index contributed by atoms with van der Waals surface area (Å²) in [5, 5.41) is 35.0. The van der Waals surface area contributed by atoms with Gasteiger partial charge in [0.05, 0.1) is 10.7 Å². The Balaban J connectivity index is 2.06. The average molecular weight is 880 g/mol. The summed E-state index contributed by atoms with van der Waals surface area (Å²) in [4.78, 5) is 17.1. The number of fused-ring (bicyclic) bond motifs is 1. The number of aromatic hydroxyl groups is 2. The molecular formula is C22H13Br3ClN4O11PS2. The number of nitrogens with zero attached hydrogens (tertiary/aromatic N) is 4. The molecule has 0 spiro atoms. The van der Waals surface area contributed by atoms with Gasteiger partial charge in [0, 0.05) is 18.4 Å². The highest BCUT2D eigenvalue weighted by Gasteiger charge is 2.29. The highest BCUT2D eigenvalue weighted by molar-refractivity contribution is 9.11. The van der Waals surface area contributed by atoms with E-state index >= 15 is 0 Å². The van der Waals surface area contributed by atoms with E-state index in [0.29, 0.717) is 25.6 Å². The number of rotatable bonds is 7. The van der Waals surface area contributed by atoms with Gasteiger partial charge in [-0.25, -0.2) is 0 Å². The molecule has 6 N–H and O–H groups in total. The van der Waals surface area contributed by atoms with Crippen LogP contribution in [0.2, 0.25) is 5.02 Å². The van der Waals surface area contributed by atoms with E-state index < -0.39 is 82.3 Å². The van der Waals surface area contributed by atoms with Crippen molar-refractivity contribution >= 4 is 126 Å². The lowest BCUT2D eigenvalue weighted by Gasteiger charge is -2.13. The standard InChI is InChI=1S/C22H13Br3ClN4O11PS2/c23-9-5-11(24)18(12(25)6-9)28-30-20-16(44(39,40)41)4-8-3-15(43(36,37)38)19(21(31)17(8)22(20)32)29-27-13-2-1-10(26)7-14(13)42(33,34)35/h1-7,31-32H,(H2,33,34,35)(H,36,37,38)(H,39,40,41). The molecule has 4 rings (SSSR count). The zero-order chi connectivity index (χ0) is 32.9. The lowest BCUT2D eigenvalue weighted by atomic mass is 10.1. The van der Waals surface area contributed by atoms with E-state index in [1.807, 2.05) is 0 Å². The molecule has 0 aliphatic carbocycles. The van der Waals surface area contributed by atoms with Gasteiger partial charge in [-0.05, 0) is 79.7 Å². The van der Waals surface area contributed by atoms with Crippen LogP contribution >= 0.6 is 67.0 Å². The fourth-order valence-corrected chi connectivity index (χ4v) is 8.40. The fraction of sp³-hybridized carbons (Fsp3) is 0. The van der Waals surface area contributed by atoms with Crippen molar-refractivity contribution in [1.29, 1.82) is 0 Å². The number of hydrogen-bond donors (Lipinski definition) is 6. The maximum atomic E-state index is 12.3. The van der Waals surface area contributed by atoms with Crippen molar-refractivity contribution < 1.29 is 50.5 Å². The molecule has 22 heteroatoms. The van der Waals surface area contributed by atoms with Crippen LogP contribution < -0.4 is 5.30 Å². The van der Waals surface area contributed by atoms with Gasteiger partial charge >= 0.3 is 7.60 Å². The van der Waals surface area contributed by atoms with Crippen molar-refractivity contribution in [3.63, 3.8) is 0 Å². The normalized spacial score (nSPS) is 13.0. The smallest absolute Gasteiger partial charge is 0.358 e. The maximum absolute atomic E-state index is 12.3. The van der Waals surface area contributed by atoms with Crippen molar-refractivity contribution in [2.24, 2.45) is 20.5 Å². The van der Waals surface area contributed by atoms with Gasteiger partial charge in [0.2, 0.25) is 0 Å². The molecule has 232 valence electrons. The quantitative estimate of drug-likeness (QED) is 0.0609. The number of hydrogen-bond acceptors (Lipinski definition) is 11. The van der Waals surface area contributed by atoms with Crippen LogP contribution in [0, 0.1) is 0 Å². The van der Waals surface area contributed by atoms with E-state index in [4.69, 9.17) is 11.6 Å². The second kappa shape index (κ2) is 12.4. The number of phenols is 2. The van der Waals surface area contributed by atoms with E-state index in [0.717, 1.165) is 12.1 Å². The highest BCUT2D eigenvalue weighted by atomic mass is 79.9. The lowest BCUT2D eigenvalue weighted by Crippen LogP contribution is -2.04. The van der Waals surface area contributed by atoms with Crippen LogP contribution in [0.3, 0.4) is 0 Å². The van der Waals surface area contributed by atoms with Crippen LogP contribution in [-0.4, -0.2) is 45.9 Å². The van der Waals surface area contributed by atoms with Crippen molar-refractivity contribution in [2.45, 2.75) is 9.79 Å². The fourth-order valence-electron chi connectivity index (χ4n) is 3.70. The number of benzene rings is 4. The van der Waals surface area contributed by atoms with Crippen molar-refractivity contribution in [3.8, 4) is 11.5 Å². The van der Waals surface area contributed by atoms with E-state index in [-0.39, 0.29) is 10.7 Å². The molecule has 0 atom stereocenters. The molecule has 0 unspecified atom stereocenters. The Labute approximate surface area is 277 Å². The van der Waals surface area contributed by atoms with Crippen LogP contribution in [0.1, 0.15) is 0 Å². The van der Waals surface area contributed by atoms with Gasteiger partial charge in [-0.1, -0.05) is 27.5 Å². The molecule has 0 radical (unpaired) electrons. The van der Waals surface area contributed by atoms with E-state index in [9.17, 15) is 50.5 Å². The second-order valence-corrected chi connectivity index (χ2v) is 15.9. The SMILES string of the molecule is O=P(O)(O)c1cc(Cl)ccc1N=Nc1c(S(=O)(=O)O)cc2cc(S(=O)(=O)O)c(N=Nc3c(Br)cc(Br)cc3Br)c(O)c2c1O. The first-order valence-electron chi connectivity index (χ1n) is 11.0. The van der Waals surface area contributed by atoms with Crippen LogP contribution in [0.15, 0.2) is 86.1 Å². The molecule has 44 heavy (non-hydrogen) atoms. The molecule has 0 aromatic heterocycles. The van der Waals surface area contributed by atoms with Gasteiger partial charge in [-0.15, -0.1) is 20.5 Å². The summed E-state index contributed by atoms with van der Waals surface area (Å²) in [7, 11) is -15.4. The number of azo groups is 2. The third kappa shape index (κ3) is 7.20. The third-order valence-corrected chi connectivity index (χ3v) is 10.2. The average Bonchev–Trinajstić information content (AvgIpc) is 2.86. The Morgan fingerprint density at radius 1 is 0.705 bits per heavy atom. The zero-order valence-corrected chi connectivity index (χ0v) is 28.9. The van der Waals surface area contributed by atoms with E-state index in [1.165, 1.54) is 6.07 Å². The van der Waals surface area contributed by atoms with Gasteiger partial charge in [-0.2, -0.15) is 16.8 Å². The largest absolute Gasteiger partial charge is 0.505 e. The minimum atomic E-state index is -5.27. The first kappa shape index (κ1) is 34.5. The lowest BCUT2D eigenvalue weighted by molar-refractivity contribution is 0.387. The third-order valence-electron chi connectivity index (χ3n) is 5.55. The van der Waals surface area contributed by atoms with E-state index in [1.54, 1.807) is 12.1 Å². The van der Waals surface area contributed by atoms with Gasteiger partial charge in [-0.3, -0.25) is 13.7 Å². The Morgan fingerprint density at radius 3 is 1.61 bits per heavy atom. The Kier molecular flexibility index (Phi) is 9.76. The van der Waals surface area contributed by atoms with Crippen LogP contribution in [0.5, 0.6) is 11.5 Å². The molecule has 15 nitrogen and oxygen atoms in total. The monoisotopic (exact) mass is 876 g/mol. The zero-order valence-electron chi connectivity index (χ0n) is 20.8. The number of phenolic OH excluding ortho intramolecular Hbond substituents is 2. The van der Waals surface area contributed by atoms with Crippen LogP contribution in [0.4, 0.5) is 22.7 Å². The van der Waals surface area contributed by atoms with Gasteiger partial charge < -0.3 is 20.0 Å². The molecule has 0 saturated heterocycles. The highest BCUT2D eigenvalue weighted by Crippen LogP contribution is 2.50. The molecule has 4 aromatic rings. The van der Waals surface area contributed by atoms with E-state index in [2.05, 4.69) is 68.2 Å². The molecule has 0 saturated carbocycles. The summed E-state index contributed by atoms with van der Waals surface area (Å²) in [5.41, 5.74) is -2.31. The summed E-state index contributed by atoms with van der Waals surface area (Å²) in [6.45, 7) is 0. The number of halogens is 4. The van der Waals surface area contributed by atoms with Crippen LogP contribution in [-0.2, 0) is 24.8 Å². The van der Waals surface area contributed by atoms with Crippen molar-refractivity contribution in [1.82, 2.24) is 0 Å². The van der Waals surface area contributed by atoms with Gasteiger partial charge in [0.25, 0.3) is 20.2 Å². The molecule has 0 heterocycles. The second-order valence-electron chi connectivity index (χ2n) is 8.49. The summed E-state index contributed by atoms with van der Waals surface area (Å²) < 4.78 is 82.0. The summed E-state index contributed by atoms with van der Waals surface area (Å²) in [6, 6.07) is 7.47. The molecule has 0 fully saturated rings. The minimum absolute atomic E-state index is 0.0853. The topological polar surface area (TPSA) is 256 Å². The van der Waals surface area contributed by atoms with Crippen LogP contribution in [0.25, 0.3) is 10.8 Å². The van der Waals surface area contributed by atoms with Crippen molar-refractivity contribution in [2.75, 3.05) is 0 Å². The predicted octanol–water partition coefficient (Wildman–Crippen LogP) is 7.32. The van der Waals surface area contributed by atoms with Crippen molar-refractivity contribution in [3.05, 3.63) is 60.9 Å². The first-order valence-corrected chi connectivity index (χ1v) is 18.3. The summed E-state index contributed by atoms with van der Waals surface area (Å²) in [6.07, 6.45) is 0. The maximum Gasteiger partial charge on any atom is 0.358 e. The molecule has 0 aliphatic rings. The predicted molar refractivity (Wildman–Crippen MR) is 168 cm³/mol. The molecule has 0 aliphatic heterocycles. The Bertz CT molecular complexity index is 2190. The molecule has 0 amide bonds. The summed E-state index contributed by atoms with van der Waals surface area (Å²) >= 11 is 15.6. The summed E-state index contributed by atoms with van der Waals surface area (Å²) in [5.74, 6) is -2.31. The minimum Gasteiger partial charge on any atom is -0.505 e. The Hall–Kier alpha value is -2.36. The Morgan fingerprint density at radius 2 is 1.16 bits per heavy atom. The van der Waals surface area contributed by atoms with Gasteiger partial charge in [0.1, 0.15) is 32.5 Å². The first-order chi connectivity index (χ1) is 20.2. The molecule has 0 bridgehead atoms.